The second kappa shape index (κ2) is 9.33. The lowest BCUT2D eigenvalue weighted by Gasteiger charge is -2.29. The monoisotopic (exact) mass is 492 g/mol. The summed E-state index contributed by atoms with van der Waals surface area (Å²) in [5.41, 5.74) is 4.30. The van der Waals surface area contributed by atoms with Gasteiger partial charge in [-0.2, -0.15) is 4.52 Å². The largest absolute Gasteiger partial charge is 0.598 e. The molecule has 1 aromatic carbocycles. The molecule has 4 heterocycles. The van der Waals surface area contributed by atoms with Crippen LogP contribution in [-0.4, -0.2) is 51.9 Å². The maximum absolute atomic E-state index is 12.9. The van der Waals surface area contributed by atoms with Crippen molar-refractivity contribution in [1.82, 2.24) is 34.3 Å². The maximum Gasteiger partial charge on any atom is 0.229 e. The Morgan fingerprint density at radius 2 is 1.86 bits per heavy atom. The van der Waals surface area contributed by atoms with Crippen molar-refractivity contribution in [3.05, 3.63) is 41.9 Å². The average Bonchev–Trinajstić information content (AvgIpc) is 3.29. The second-order valence-corrected chi connectivity index (χ2v) is 12.2. The van der Waals surface area contributed by atoms with Crippen LogP contribution in [-0.2, 0) is 11.4 Å². The molecule has 0 aliphatic carbocycles. The van der Waals surface area contributed by atoms with Crippen LogP contribution in [0.25, 0.3) is 28.1 Å². The molecule has 0 amide bonds. The van der Waals surface area contributed by atoms with Crippen LogP contribution < -0.4 is 9.62 Å². The van der Waals surface area contributed by atoms with E-state index in [1.807, 2.05) is 32.2 Å². The summed E-state index contributed by atoms with van der Waals surface area (Å²) < 4.78 is 17.7. The first-order valence-electron chi connectivity index (χ1n) is 12.1. The smallest absolute Gasteiger partial charge is 0.229 e. The lowest BCUT2D eigenvalue weighted by atomic mass is 10.0. The van der Waals surface area contributed by atoms with Gasteiger partial charge in [0.1, 0.15) is 10.4 Å². The van der Waals surface area contributed by atoms with E-state index >= 15 is 0 Å². The molecule has 184 valence electrons. The van der Waals surface area contributed by atoms with E-state index < -0.39 is 11.4 Å². The molecule has 35 heavy (non-hydrogen) atoms. The number of nitrogens with one attached hydrogen (secondary N) is 1. The van der Waals surface area contributed by atoms with Gasteiger partial charge in [-0.3, -0.25) is 4.98 Å². The van der Waals surface area contributed by atoms with Gasteiger partial charge >= 0.3 is 0 Å². The fraction of sp³-hybridized carbons (Fsp3) is 0.480. The topological polar surface area (TPSA) is 107 Å². The highest BCUT2D eigenvalue weighted by molar-refractivity contribution is 7.90. The van der Waals surface area contributed by atoms with Crippen LogP contribution in [0.3, 0.4) is 0 Å². The Hall–Kier alpha value is -2.82. The summed E-state index contributed by atoms with van der Waals surface area (Å²) in [6.07, 6.45) is 8.43. The zero-order chi connectivity index (χ0) is 24.7. The molecule has 1 unspecified atom stereocenters. The molecule has 10 heteroatoms. The van der Waals surface area contributed by atoms with Crippen LogP contribution in [0.15, 0.2) is 30.7 Å². The first kappa shape index (κ1) is 23.9. The van der Waals surface area contributed by atoms with Crippen LogP contribution in [0.2, 0.25) is 0 Å². The third kappa shape index (κ3) is 4.70. The summed E-state index contributed by atoms with van der Waals surface area (Å²) >= 11 is -1.21. The summed E-state index contributed by atoms with van der Waals surface area (Å²) in [6, 6.07) is 4.07. The first-order valence-corrected chi connectivity index (χ1v) is 13.3. The fourth-order valence-corrected chi connectivity index (χ4v) is 5.23. The minimum atomic E-state index is -1.21. The summed E-state index contributed by atoms with van der Waals surface area (Å²) in [7, 11) is 0. The quantitative estimate of drug-likeness (QED) is 0.414. The number of benzene rings is 1. The number of hydrogen-bond donors (Lipinski definition) is 1. The standard InChI is InChI=1S/C25H32N8OS/c1-16-13-18(17(2)31-35(34)25(3,4)5)21-19(14-16)23-29-22(20-15-26-9-10-27-20)30-33(23)24(28-21)32-11-7-6-8-12-32/h9-10,13-15,17,31H,6-8,11-12H2,1-5H3/t17-,35?/m1/s1. The summed E-state index contributed by atoms with van der Waals surface area (Å²) in [5.74, 6) is 1.30. The zero-order valence-electron chi connectivity index (χ0n) is 20.9. The van der Waals surface area contributed by atoms with Gasteiger partial charge in [0.05, 0.1) is 17.8 Å². The summed E-state index contributed by atoms with van der Waals surface area (Å²) in [5, 5.41) is 5.74. The molecule has 1 aliphatic rings. The van der Waals surface area contributed by atoms with E-state index in [2.05, 4.69) is 38.6 Å². The van der Waals surface area contributed by atoms with E-state index in [0.717, 1.165) is 59.6 Å². The number of nitrogens with zero attached hydrogens (tertiary/aromatic N) is 7. The number of piperidine rings is 1. The Labute approximate surface area is 208 Å². The molecule has 9 nitrogen and oxygen atoms in total. The van der Waals surface area contributed by atoms with Crippen molar-refractivity contribution in [2.45, 2.75) is 64.7 Å². The molecule has 4 aromatic rings. The molecule has 2 atom stereocenters. The molecule has 3 aromatic heterocycles. The van der Waals surface area contributed by atoms with Gasteiger partial charge in [0.15, 0.2) is 5.65 Å². The summed E-state index contributed by atoms with van der Waals surface area (Å²) in [6.45, 7) is 11.9. The van der Waals surface area contributed by atoms with E-state index in [-0.39, 0.29) is 10.8 Å². The molecule has 5 rings (SSSR count). The van der Waals surface area contributed by atoms with E-state index in [1.54, 1.807) is 18.6 Å². The Balaban J connectivity index is 1.73. The van der Waals surface area contributed by atoms with Gasteiger partial charge in [-0.25, -0.2) is 15.0 Å². The highest BCUT2D eigenvalue weighted by atomic mass is 32.2. The molecule has 1 saturated heterocycles. The molecule has 0 spiro atoms. The van der Waals surface area contributed by atoms with Crippen LogP contribution >= 0.6 is 0 Å². The lowest BCUT2D eigenvalue weighted by Crippen LogP contribution is -2.40. The highest BCUT2D eigenvalue weighted by Crippen LogP contribution is 2.32. The van der Waals surface area contributed by atoms with Gasteiger partial charge in [0.25, 0.3) is 0 Å². The average molecular weight is 493 g/mol. The SMILES string of the molecule is Cc1cc([C@@H](C)N[S+]([O-])C(C)(C)C)c2nc(N3CCCCC3)n3nc(-c4cnccn4)nc3c2c1. The molecule has 1 N–H and O–H groups in total. The molecule has 1 aliphatic heterocycles. The van der Waals surface area contributed by atoms with Crippen molar-refractivity contribution in [2.75, 3.05) is 18.0 Å². The van der Waals surface area contributed by atoms with Gasteiger partial charge < -0.3 is 9.45 Å². The minimum absolute atomic E-state index is 0.163. The summed E-state index contributed by atoms with van der Waals surface area (Å²) in [4.78, 5) is 21.0. The first-order chi connectivity index (χ1) is 16.7. The number of fused-ring (bicyclic) bond motifs is 3. The molecule has 1 fully saturated rings. The Morgan fingerprint density at radius 1 is 1.09 bits per heavy atom. The fourth-order valence-electron chi connectivity index (χ4n) is 4.43. The molecule has 0 bridgehead atoms. The number of hydrogen-bond acceptors (Lipinski definition) is 8. The molecular formula is C25H32N8OS. The van der Waals surface area contributed by atoms with E-state index in [0.29, 0.717) is 11.5 Å². The number of anilines is 1. The molecule has 0 radical (unpaired) electrons. The van der Waals surface area contributed by atoms with Gasteiger partial charge in [-0.05, 0) is 65.5 Å². The molecular weight excluding hydrogens is 460 g/mol. The third-order valence-corrected chi connectivity index (χ3v) is 7.95. The Kier molecular flexibility index (Phi) is 6.37. The highest BCUT2D eigenvalue weighted by Gasteiger charge is 2.30. The van der Waals surface area contributed by atoms with Crippen molar-refractivity contribution >= 4 is 33.9 Å². The second-order valence-electron chi connectivity index (χ2n) is 10.2. The predicted molar refractivity (Wildman–Crippen MR) is 140 cm³/mol. The number of aromatic nitrogens is 6. The number of rotatable bonds is 5. The normalized spacial score (nSPS) is 16.7. The Morgan fingerprint density at radius 3 is 2.54 bits per heavy atom. The number of aryl methyl sites for hydroxylation is 1. The van der Waals surface area contributed by atoms with Crippen LogP contribution in [0, 0.1) is 6.92 Å². The zero-order valence-corrected chi connectivity index (χ0v) is 21.8. The van der Waals surface area contributed by atoms with Crippen molar-refractivity contribution in [3.63, 3.8) is 0 Å². The lowest BCUT2D eigenvalue weighted by molar-refractivity contribution is 0.531. The van der Waals surface area contributed by atoms with Gasteiger partial charge in [0.2, 0.25) is 11.8 Å². The maximum atomic E-state index is 12.9. The minimum Gasteiger partial charge on any atom is -0.598 e. The molecule has 0 saturated carbocycles. The van der Waals surface area contributed by atoms with Crippen molar-refractivity contribution in [3.8, 4) is 11.5 Å². The van der Waals surface area contributed by atoms with E-state index in [4.69, 9.17) is 15.1 Å². The van der Waals surface area contributed by atoms with Crippen molar-refractivity contribution in [2.24, 2.45) is 0 Å². The van der Waals surface area contributed by atoms with Crippen LogP contribution in [0.1, 0.15) is 64.1 Å². The van der Waals surface area contributed by atoms with E-state index in [9.17, 15) is 4.55 Å². The predicted octanol–water partition coefficient (Wildman–Crippen LogP) is 4.15. The van der Waals surface area contributed by atoms with Crippen LogP contribution in [0.5, 0.6) is 0 Å². The van der Waals surface area contributed by atoms with Crippen molar-refractivity contribution in [1.29, 1.82) is 0 Å². The van der Waals surface area contributed by atoms with E-state index in [1.165, 1.54) is 6.42 Å². The van der Waals surface area contributed by atoms with Crippen molar-refractivity contribution < 1.29 is 4.55 Å². The van der Waals surface area contributed by atoms with Gasteiger partial charge in [0, 0.05) is 47.8 Å². The third-order valence-electron chi connectivity index (χ3n) is 6.27. The van der Waals surface area contributed by atoms with Crippen LogP contribution in [0.4, 0.5) is 5.95 Å². The van der Waals surface area contributed by atoms with Gasteiger partial charge in [-0.1, -0.05) is 6.07 Å². The Bertz CT molecular complexity index is 1340. The van der Waals surface area contributed by atoms with Gasteiger partial charge in [-0.15, -0.1) is 9.82 Å².